The van der Waals surface area contributed by atoms with E-state index >= 15 is 0 Å². The van der Waals surface area contributed by atoms with Gasteiger partial charge in [0.05, 0.1) is 17.3 Å². The number of thiazole rings is 1. The zero-order chi connectivity index (χ0) is 20.7. The first-order valence-electron chi connectivity index (χ1n) is 10.0. The highest BCUT2D eigenvalue weighted by atomic mass is 32.1. The molecule has 2 aliphatic heterocycles. The average Bonchev–Trinajstić information content (AvgIpc) is 3.41. The van der Waals surface area contributed by atoms with E-state index in [4.69, 9.17) is 14.2 Å². The number of rotatable bonds is 4. The Hall–Kier alpha value is -2.71. The van der Waals surface area contributed by atoms with E-state index in [1.54, 1.807) is 30.0 Å². The number of anilines is 1. The van der Waals surface area contributed by atoms with E-state index in [1.807, 2.05) is 18.2 Å². The number of ether oxygens (including phenoxy) is 3. The number of benzene rings is 2. The third kappa shape index (κ3) is 3.50. The molecule has 3 aromatic rings. The number of halogens is 1. The SMILES string of the molecule is CC1Oc2ccccc2OC1C(=O)N(CC1CCCO1)c1nc2c(F)cccc2s1. The van der Waals surface area contributed by atoms with Gasteiger partial charge in [0.25, 0.3) is 5.91 Å². The Morgan fingerprint density at radius 1 is 1.20 bits per heavy atom. The van der Waals surface area contributed by atoms with Gasteiger partial charge in [-0.15, -0.1) is 0 Å². The smallest absolute Gasteiger partial charge is 0.273 e. The van der Waals surface area contributed by atoms with Crippen molar-refractivity contribution in [3.63, 3.8) is 0 Å². The molecule has 1 saturated heterocycles. The van der Waals surface area contributed by atoms with Crippen molar-refractivity contribution in [1.29, 1.82) is 0 Å². The molecule has 3 heterocycles. The summed E-state index contributed by atoms with van der Waals surface area (Å²) in [7, 11) is 0. The molecule has 0 radical (unpaired) electrons. The lowest BCUT2D eigenvalue weighted by atomic mass is 10.1. The molecule has 6 nitrogen and oxygen atoms in total. The van der Waals surface area contributed by atoms with Gasteiger partial charge in [0.15, 0.2) is 16.6 Å². The fourth-order valence-corrected chi connectivity index (χ4v) is 4.81. The van der Waals surface area contributed by atoms with Crippen molar-refractivity contribution in [2.75, 3.05) is 18.1 Å². The normalized spacial score (nSPS) is 22.9. The number of carbonyl (C=O) groups excluding carboxylic acids is 1. The molecule has 3 unspecified atom stereocenters. The lowest BCUT2D eigenvalue weighted by Gasteiger charge is -2.34. The van der Waals surface area contributed by atoms with Gasteiger partial charge < -0.3 is 14.2 Å². The minimum Gasteiger partial charge on any atom is -0.482 e. The molecule has 0 aliphatic carbocycles. The van der Waals surface area contributed by atoms with E-state index in [-0.39, 0.29) is 17.5 Å². The molecule has 0 spiro atoms. The van der Waals surface area contributed by atoms with Crippen LogP contribution in [0.25, 0.3) is 10.2 Å². The lowest BCUT2D eigenvalue weighted by molar-refractivity contribution is -0.131. The molecule has 2 aromatic carbocycles. The molecular weight excluding hydrogens is 407 g/mol. The van der Waals surface area contributed by atoms with Crippen molar-refractivity contribution < 1.29 is 23.4 Å². The van der Waals surface area contributed by atoms with Crippen LogP contribution >= 0.6 is 11.3 Å². The molecule has 0 N–H and O–H groups in total. The van der Waals surface area contributed by atoms with Crippen molar-refractivity contribution in [2.45, 2.75) is 38.1 Å². The first kappa shape index (κ1) is 19.3. The predicted molar refractivity (Wildman–Crippen MR) is 112 cm³/mol. The zero-order valence-corrected chi connectivity index (χ0v) is 17.2. The molecule has 2 aliphatic rings. The highest BCUT2D eigenvalue weighted by Crippen LogP contribution is 2.36. The number of carbonyl (C=O) groups is 1. The van der Waals surface area contributed by atoms with Gasteiger partial charge in [-0.1, -0.05) is 29.5 Å². The fraction of sp³-hybridized carbons (Fsp3) is 0.364. The summed E-state index contributed by atoms with van der Waals surface area (Å²) in [5.41, 5.74) is 0.266. The van der Waals surface area contributed by atoms with Crippen LogP contribution in [0.15, 0.2) is 42.5 Å². The van der Waals surface area contributed by atoms with Crippen LogP contribution in [-0.2, 0) is 9.53 Å². The standard InChI is InChI=1S/C22H21FN2O4S/c1-13-20(29-17-9-3-2-8-16(17)28-13)21(26)25(12-14-6-5-11-27-14)22-24-19-15(23)7-4-10-18(19)30-22/h2-4,7-10,13-14,20H,5-6,11-12H2,1H3. The molecule has 156 valence electrons. The Bertz CT molecular complexity index is 1080. The monoisotopic (exact) mass is 428 g/mol. The van der Waals surface area contributed by atoms with Crippen LogP contribution < -0.4 is 14.4 Å². The summed E-state index contributed by atoms with van der Waals surface area (Å²) in [6, 6.07) is 12.1. The van der Waals surface area contributed by atoms with Crippen LogP contribution in [0.4, 0.5) is 9.52 Å². The number of para-hydroxylation sites is 3. The Labute approximate surface area is 177 Å². The summed E-state index contributed by atoms with van der Waals surface area (Å²) in [4.78, 5) is 19.6. The van der Waals surface area contributed by atoms with E-state index < -0.39 is 18.0 Å². The highest BCUT2D eigenvalue weighted by molar-refractivity contribution is 7.22. The second kappa shape index (κ2) is 7.85. The number of nitrogens with zero attached hydrogens (tertiary/aromatic N) is 2. The summed E-state index contributed by atoms with van der Waals surface area (Å²) < 4.78 is 32.6. The topological polar surface area (TPSA) is 60.9 Å². The average molecular weight is 428 g/mol. The Morgan fingerprint density at radius 2 is 2.00 bits per heavy atom. The van der Waals surface area contributed by atoms with Gasteiger partial charge in [-0.2, -0.15) is 0 Å². The van der Waals surface area contributed by atoms with Crippen LogP contribution in [-0.4, -0.2) is 42.4 Å². The summed E-state index contributed by atoms with van der Waals surface area (Å²) in [5, 5.41) is 0.435. The minimum absolute atomic E-state index is 0.0853. The van der Waals surface area contributed by atoms with Crippen molar-refractivity contribution >= 4 is 32.6 Å². The van der Waals surface area contributed by atoms with Gasteiger partial charge in [-0.05, 0) is 44.0 Å². The molecule has 0 saturated carbocycles. The zero-order valence-electron chi connectivity index (χ0n) is 16.4. The molecule has 30 heavy (non-hydrogen) atoms. The molecule has 3 atom stereocenters. The molecule has 5 rings (SSSR count). The summed E-state index contributed by atoms with van der Waals surface area (Å²) in [5.74, 6) is 0.467. The van der Waals surface area contributed by atoms with Gasteiger partial charge in [-0.25, -0.2) is 9.37 Å². The maximum Gasteiger partial charge on any atom is 0.273 e. The molecule has 1 amide bonds. The van der Waals surface area contributed by atoms with Gasteiger partial charge in [0, 0.05) is 6.61 Å². The maximum absolute atomic E-state index is 14.2. The van der Waals surface area contributed by atoms with Crippen LogP contribution in [0.1, 0.15) is 19.8 Å². The first-order chi connectivity index (χ1) is 14.6. The van der Waals surface area contributed by atoms with E-state index in [1.165, 1.54) is 17.4 Å². The molecule has 1 aromatic heterocycles. The highest BCUT2D eigenvalue weighted by Gasteiger charge is 2.39. The minimum atomic E-state index is -0.835. The van der Waals surface area contributed by atoms with E-state index in [0.29, 0.717) is 34.5 Å². The van der Waals surface area contributed by atoms with Gasteiger partial charge >= 0.3 is 0 Å². The van der Waals surface area contributed by atoms with Gasteiger partial charge in [-0.3, -0.25) is 9.69 Å². The van der Waals surface area contributed by atoms with E-state index in [9.17, 15) is 9.18 Å². The second-order valence-corrected chi connectivity index (χ2v) is 8.48. The van der Waals surface area contributed by atoms with Crippen molar-refractivity contribution in [3.05, 3.63) is 48.3 Å². The van der Waals surface area contributed by atoms with Crippen molar-refractivity contribution in [2.24, 2.45) is 0 Å². The van der Waals surface area contributed by atoms with Crippen molar-refractivity contribution in [3.8, 4) is 11.5 Å². The molecule has 1 fully saturated rings. The van der Waals surface area contributed by atoms with Gasteiger partial charge in [0.2, 0.25) is 6.10 Å². The van der Waals surface area contributed by atoms with Crippen LogP contribution in [0, 0.1) is 5.82 Å². The quantitative estimate of drug-likeness (QED) is 0.624. The number of amides is 1. The summed E-state index contributed by atoms with van der Waals surface area (Å²) >= 11 is 1.28. The molecule has 8 heteroatoms. The summed E-state index contributed by atoms with van der Waals surface area (Å²) in [6.45, 7) is 2.82. The fourth-order valence-electron chi connectivity index (χ4n) is 3.82. The Balaban J connectivity index is 1.49. The van der Waals surface area contributed by atoms with Crippen molar-refractivity contribution in [1.82, 2.24) is 4.98 Å². The van der Waals surface area contributed by atoms with Crippen LogP contribution in [0.2, 0.25) is 0 Å². The Kier molecular flexibility index (Phi) is 5.04. The number of fused-ring (bicyclic) bond motifs is 2. The number of hydrogen-bond acceptors (Lipinski definition) is 6. The predicted octanol–water partition coefficient (Wildman–Crippen LogP) is 4.18. The second-order valence-electron chi connectivity index (χ2n) is 7.48. The third-order valence-corrected chi connectivity index (χ3v) is 6.39. The number of aromatic nitrogens is 1. The van der Waals surface area contributed by atoms with E-state index in [0.717, 1.165) is 12.8 Å². The third-order valence-electron chi connectivity index (χ3n) is 5.35. The van der Waals surface area contributed by atoms with Crippen LogP contribution in [0.5, 0.6) is 11.5 Å². The van der Waals surface area contributed by atoms with E-state index in [2.05, 4.69) is 4.98 Å². The largest absolute Gasteiger partial charge is 0.482 e. The number of hydrogen-bond donors (Lipinski definition) is 0. The molecular formula is C22H21FN2O4S. The lowest BCUT2D eigenvalue weighted by Crippen LogP contribution is -2.52. The van der Waals surface area contributed by atoms with Crippen LogP contribution in [0.3, 0.4) is 0 Å². The maximum atomic E-state index is 14.2. The first-order valence-corrected chi connectivity index (χ1v) is 10.8. The molecule has 0 bridgehead atoms. The van der Waals surface area contributed by atoms with Gasteiger partial charge in [0.1, 0.15) is 17.4 Å². The summed E-state index contributed by atoms with van der Waals surface area (Å²) in [6.07, 6.45) is 0.416. The Morgan fingerprint density at radius 3 is 2.73 bits per heavy atom.